The average molecular weight is 280 g/mol. The molecule has 0 radical (unpaired) electrons. The molecular formula is C10H27Cl2NTi. The molecule has 0 unspecified atom stereocenters. The SMILES string of the molecule is CC(C)(C)[NH][Ti]([CH3])([CH3])[C](C)(C)C.Cl.Cl. The van der Waals surface area contributed by atoms with Crippen molar-refractivity contribution < 1.29 is 16.8 Å². The van der Waals surface area contributed by atoms with Gasteiger partial charge in [0.05, 0.1) is 0 Å². The molecule has 0 aromatic heterocycles. The first-order chi connectivity index (χ1) is 4.96. The number of hydrogen-bond donors (Lipinski definition) is 1. The summed E-state index contributed by atoms with van der Waals surface area (Å²) in [4.78, 5) is 0. The van der Waals surface area contributed by atoms with Gasteiger partial charge in [0, 0.05) is 0 Å². The standard InChI is InChI=1S/C4H10N.C4H9.2CH3.2ClH.Ti/c1-4(2,3)5;1-4(2)3;;;;;/h5H,1-3H3;1-3H3;2*1H3;2*1H;/q-1;;;;;;+1. The van der Waals surface area contributed by atoms with Crippen LogP contribution in [-0.4, -0.2) is 5.54 Å². The fourth-order valence-electron chi connectivity index (χ4n) is 1.12. The van der Waals surface area contributed by atoms with E-state index in [0.717, 1.165) is 0 Å². The zero-order chi connectivity index (χ0) is 10.2. The maximum absolute atomic E-state index is 3.82. The summed E-state index contributed by atoms with van der Waals surface area (Å²) in [6.07, 6.45) is 0. The molecule has 0 bridgehead atoms. The van der Waals surface area contributed by atoms with E-state index in [-0.39, 0.29) is 30.4 Å². The van der Waals surface area contributed by atoms with E-state index in [0.29, 0.717) is 3.72 Å². The van der Waals surface area contributed by atoms with Crippen LogP contribution >= 0.6 is 24.8 Å². The van der Waals surface area contributed by atoms with E-state index in [2.05, 4.69) is 55.8 Å². The summed E-state index contributed by atoms with van der Waals surface area (Å²) in [7, 11) is 0. The minimum atomic E-state index is -1.80. The number of halogens is 2. The van der Waals surface area contributed by atoms with Crippen LogP contribution in [0.2, 0.25) is 14.2 Å². The Morgan fingerprint density at radius 3 is 1.14 bits per heavy atom. The van der Waals surface area contributed by atoms with Gasteiger partial charge in [0.1, 0.15) is 0 Å². The predicted molar refractivity (Wildman–Crippen MR) is 68.8 cm³/mol. The average Bonchev–Trinajstić information content (AvgIpc) is 1.52. The van der Waals surface area contributed by atoms with Crippen LogP contribution in [0.25, 0.3) is 0 Å². The third-order valence-corrected chi connectivity index (χ3v) is 10.6. The molecule has 14 heavy (non-hydrogen) atoms. The Kier molecular flexibility index (Phi) is 9.00. The van der Waals surface area contributed by atoms with Crippen molar-refractivity contribution in [1.29, 1.82) is 0 Å². The molecule has 90 valence electrons. The molecule has 0 atom stereocenters. The van der Waals surface area contributed by atoms with Crippen LogP contribution in [0.3, 0.4) is 0 Å². The van der Waals surface area contributed by atoms with Gasteiger partial charge in [-0.2, -0.15) is 0 Å². The van der Waals surface area contributed by atoms with E-state index in [1.165, 1.54) is 0 Å². The van der Waals surface area contributed by atoms with E-state index in [9.17, 15) is 0 Å². The van der Waals surface area contributed by atoms with Crippen LogP contribution in [0.15, 0.2) is 0 Å². The van der Waals surface area contributed by atoms with Gasteiger partial charge in [-0.3, -0.25) is 0 Å². The number of nitrogens with one attached hydrogen (secondary N) is 1. The molecule has 0 aliphatic rings. The molecule has 0 aromatic rings. The molecule has 4 heteroatoms. The van der Waals surface area contributed by atoms with E-state index in [1.807, 2.05) is 0 Å². The molecule has 0 aliphatic heterocycles. The summed E-state index contributed by atoms with van der Waals surface area (Å²) < 4.78 is 4.30. The largest absolute Gasteiger partial charge is 0.147 e. The Morgan fingerprint density at radius 2 is 1.07 bits per heavy atom. The van der Waals surface area contributed by atoms with E-state index in [4.69, 9.17) is 0 Å². The first-order valence-corrected chi connectivity index (χ1v) is 9.43. The summed E-state index contributed by atoms with van der Waals surface area (Å²) >= 11 is -1.80. The zero-order valence-corrected chi connectivity index (χ0v) is 14.0. The third-order valence-electron chi connectivity index (χ3n) is 2.56. The van der Waals surface area contributed by atoms with Crippen LogP contribution in [-0.2, 0) is 16.8 Å². The normalized spacial score (nSPS) is 12.9. The summed E-state index contributed by atoms with van der Waals surface area (Å²) in [5.41, 5.74) is 0.275. The van der Waals surface area contributed by atoms with Gasteiger partial charge in [-0.1, -0.05) is 0 Å². The van der Waals surface area contributed by atoms with Crippen molar-refractivity contribution in [3.05, 3.63) is 0 Å². The van der Waals surface area contributed by atoms with Crippen molar-refractivity contribution >= 4 is 24.8 Å². The minimum absolute atomic E-state index is 0. The molecule has 0 saturated heterocycles. The maximum atomic E-state index is 3.82. The van der Waals surface area contributed by atoms with E-state index < -0.39 is 16.8 Å². The molecule has 1 N–H and O–H groups in total. The Balaban J connectivity index is -0.000000605. The fraction of sp³-hybridized carbons (Fsp3) is 1.00. The summed E-state index contributed by atoms with van der Waals surface area (Å²) in [5, 5.41) is 4.90. The Morgan fingerprint density at radius 1 is 0.786 bits per heavy atom. The molecular weight excluding hydrogens is 253 g/mol. The summed E-state index contributed by atoms with van der Waals surface area (Å²) in [6, 6.07) is 0. The smallest absolute Gasteiger partial charge is 0.147 e. The van der Waals surface area contributed by atoms with Crippen LogP contribution in [0.5, 0.6) is 0 Å². The van der Waals surface area contributed by atoms with Crippen LogP contribution in [0.1, 0.15) is 41.5 Å². The maximum Gasteiger partial charge on any atom is -0.147 e. The summed E-state index contributed by atoms with van der Waals surface area (Å²) in [6.45, 7) is 13.8. The van der Waals surface area contributed by atoms with Crippen molar-refractivity contribution in [1.82, 2.24) is 3.80 Å². The van der Waals surface area contributed by atoms with Crippen molar-refractivity contribution in [2.45, 2.75) is 61.3 Å². The topological polar surface area (TPSA) is 12.0 Å². The predicted octanol–water partition coefficient (Wildman–Crippen LogP) is 4.60. The fourth-order valence-corrected chi connectivity index (χ4v) is 4.64. The second-order valence-corrected chi connectivity index (χ2v) is 14.1. The van der Waals surface area contributed by atoms with Crippen molar-refractivity contribution in [2.75, 3.05) is 0 Å². The van der Waals surface area contributed by atoms with Crippen LogP contribution in [0.4, 0.5) is 0 Å². The molecule has 0 amide bonds. The van der Waals surface area contributed by atoms with Crippen molar-refractivity contribution in [3.63, 3.8) is 0 Å². The molecule has 0 saturated carbocycles. The van der Waals surface area contributed by atoms with Gasteiger partial charge in [-0.25, -0.2) is 0 Å². The second-order valence-electron chi connectivity index (χ2n) is 6.25. The van der Waals surface area contributed by atoms with Gasteiger partial charge in [-0.15, -0.1) is 24.8 Å². The number of rotatable bonds is 1. The zero-order valence-electron chi connectivity index (χ0n) is 10.8. The quantitative estimate of drug-likeness (QED) is 0.692. The molecule has 0 heterocycles. The molecule has 0 spiro atoms. The van der Waals surface area contributed by atoms with Crippen LogP contribution < -0.4 is 3.80 Å². The molecule has 0 aliphatic carbocycles. The third kappa shape index (κ3) is 7.53. The van der Waals surface area contributed by atoms with Crippen molar-refractivity contribution in [3.8, 4) is 0 Å². The minimum Gasteiger partial charge on any atom is -0.147 e. The number of hydrogen-bond acceptors (Lipinski definition) is 1. The van der Waals surface area contributed by atoms with Gasteiger partial charge in [0.15, 0.2) is 0 Å². The van der Waals surface area contributed by atoms with Gasteiger partial charge in [0.25, 0.3) is 0 Å². The Hall–Kier alpha value is 1.25. The van der Waals surface area contributed by atoms with E-state index in [1.54, 1.807) is 0 Å². The first-order valence-electron chi connectivity index (χ1n) is 4.75. The molecule has 1 nitrogen and oxygen atoms in total. The molecule has 0 fully saturated rings. The van der Waals surface area contributed by atoms with E-state index >= 15 is 0 Å². The van der Waals surface area contributed by atoms with Gasteiger partial charge in [-0.05, 0) is 0 Å². The molecule has 0 aromatic carbocycles. The Bertz CT molecular complexity index is 156. The first kappa shape index (κ1) is 20.6. The van der Waals surface area contributed by atoms with Crippen molar-refractivity contribution in [2.24, 2.45) is 0 Å². The van der Waals surface area contributed by atoms with Gasteiger partial charge in [0.2, 0.25) is 0 Å². The monoisotopic (exact) mass is 279 g/mol. The van der Waals surface area contributed by atoms with Crippen LogP contribution in [0, 0.1) is 0 Å². The second kappa shape index (κ2) is 6.10. The van der Waals surface area contributed by atoms with Gasteiger partial charge >= 0.3 is 81.9 Å². The Labute approximate surface area is 106 Å². The molecule has 0 rings (SSSR count). The summed E-state index contributed by atoms with van der Waals surface area (Å²) in [5.74, 6) is 0. The van der Waals surface area contributed by atoms with Gasteiger partial charge < -0.3 is 0 Å².